The van der Waals surface area contributed by atoms with Crippen molar-refractivity contribution in [2.75, 3.05) is 0 Å². The van der Waals surface area contributed by atoms with Gasteiger partial charge in [0.1, 0.15) is 5.69 Å². The largest absolute Gasteiger partial charge is 0.289 e. The van der Waals surface area contributed by atoms with Crippen molar-refractivity contribution in [3.63, 3.8) is 0 Å². The monoisotopic (exact) mass is 460 g/mol. The molecule has 2 aromatic heterocycles. The van der Waals surface area contributed by atoms with Crippen LogP contribution >= 0.6 is 0 Å². The predicted octanol–water partition coefficient (Wildman–Crippen LogP) is 4.89. The van der Waals surface area contributed by atoms with E-state index in [2.05, 4.69) is 56.2 Å². The van der Waals surface area contributed by atoms with Crippen LogP contribution in [0.3, 0.4) is 0 Å². The number of aromatic amines is 1. The highest BCUT2D eigenvalue weighted by molar-refractivity contribution is 6.02. The molecule has 7 nitrogen and oxygen atoms in total. The van der Waals surface area contributed by atoms with E-state index in [9.17, 15) is 4.79 Å². The van der Waals surface area contributed by atoms with Crippen molar-refractivity contribution in [2.45, 2.75) is 26.7 Å². The van der Waals surface area contributed by atoms with Crippen LogP contribution in [0.4, 0.5) is 0 Å². The highest BCUT2D eigenvalue weighted by Gasteiger charge is 2.18. The number of carbonyl (C=O) groups is 1. The first-order chi connectivity index (χ1) is 17.1. The average Bonchev–Trinajstić information content (AvgIpc) is 3.60. The minimum absolute atomic E-state index is 0.350. The molecule has 0 unspecified atom stereocenters. The standard InChI is InChI=1S/C28H24N6O/c1-17-24(18(2)34(33-17)21-8-4-3-5-9-21)16-29-32-28(35)26-15-25(30-31-26)22-14-13-20-12-11-19-7-6-10-23(22)27(19)20/h3-10,13-16H,11-12H2,1-2H3,(H,30,31)(H,32,35)/b29-16-. The van der Waals surface area contributed by atoms with Gasteiger partial charge in [0.25, 0.3) is 5.91 Å². The molecular formula is C28H24N6O. The van der Waals surface area contributed by atoms with E-state index in [4.69, 9.17) is 0 Å². The van der Waals surface area contributed by atoms with E-state index < -0.39 is 0 Å². The van der Waals surface area contributed by atoms with Gasteiger partial charge in [-0.15, -0.1) is 0 Å². The molecule has 0 atom stereocenters. The fraction of sp³-hybridized carbons (Fsp3) is 0.143. The van der Waals surface area contributed by atoms with E-state index in [1.807, 2.05) is 48.9 Å². The first-order valence-corrected chi connectivity index (χ1v) is 11.6. The molecule has 2 N–H and O–H groups in total. The number of nitrogens with one attached hydrogen (secondary N) is 2. The lowest BCUT2D eigenvalue weighted by Crippen LogP contribution is -2.18. The van der Waals surface area contributed by atoms with Crippen LogP contribution in [0.5, 0.6) is 0 Å². The number of aryl methyl sites for hydroxylation is 3. The molecule has 6 rings (SSSR count). The molecule has 1 aliphatic rings. The average molecular weight is 461 g/mol. The van der Waals surface area contributed by atoms with Crippen molar-refractivity contribution < 1.29 is 4.79 Å². The molecule has 35 heavy (non-hydrogen) atoms. The van der Waals surface area contributed by atoms with Crippen molar-refractivity contribution in [3.8, 4) is 16.9 Å². The third kappa shape index (κ3) is 3.61. The lowest BCUT2D eigenvalue weighted by atomic mass is 9.98. The van der Waals surface area contributed by atoms with Gasteiger partial charge in [0.05, 0.1) is 29.0 Å². The first kappa shape index (κ1) is 21.0. The topological polar surface area (TPSA) is 88.0 Å². The van der Waals surface area contributed by atoms with Crippen LogP contribution in [0.25, 0.3) is 27.7 Å². The van der Waals surface area contributed by atoms with E-state index in [1.165, 1.54) is 21.9 Å². The number of hydrazone groups is 1. The van der Waals surface area contributed by atoms with Crippen LogP contribution in [0.15, 0.2) is 71.8 Å². The fourth-order valence-corrected chi connectivity index (χ4v) is 4.92. The van der Waals surface area contributed by atoms with Gasteiger partial charge in [0, 0.05) is 11.1 Å². The molecule has 0 saturated carbocycles. The smallest absolute Gasteiger partial charge is 0.272 e. The lowest BCUT2D eigenvalue weighted by Gasteiger charge is -2.06. The Labute approximate surface area is 202 Å². The fourth-order valence-electron chi connectivity index (χ4n) is 4.92. The van der Waals surface area contributed by atoms with Crippen molar-refractivity contribution in [3.05, 3.63) is 101 Å². The number of hydrogen-bond donors (Lipinski definition) is 2. The summed E-state index contributed by atoms with van der Waals surface area (Å²) in [6.07, 6.45) is 3.78. The van der Waals surface area contributed by atoms with E-state index in [0.29, 0.717) is 5.69 Å². The third-order valence-corrected chi connectivity index (χ3v) is 6.68. The Morgan fingerprint density at radius 3 is 2.66 bits per heavy atom. The second kappa shape index (κ2) is 8.36. The Bertz CT molecular complexity index is 1600. The maximum Gasteiger partial charge on any atom is 0.289 e. The number of nitrogens with zero attached hydrogens (tertiary/aromatic N) is 4. The highest BCUT2D eigenvalue weighted by atomic mass is 16.2. The molecular weight excluding hydrogens is 436 g/mol. The number of rotatable bonds is 5. The van der Waals surface area contributed by atoms with Crippen LogP contribution in [0.1, 0.15) is 38.6 Å². The first-order valence-electron chi connectivity index (χ1n) is 11.6. The summed E-state index contributed by atoms with van der Waals surface area (Å²) in [5.74, 6) is -0.350. The molecule has 5 aromatic rings. The van der Waals surface area contributed by atoms with Crippen LogP contribution in [0, 0.1) is 13.8 Å². The molecule has 7 heteroatoms. The molecule has 0 bridgehead atoms. The van der Waals surface area contributed by atoms with Gasteiger partial charge in [-0.1, -0.05) is 48.5 Å². The van der Waals surface area contributed by atoms with Gasteiger partial charge in [-0.2, -0.15) is 15.3 Å². The van der Waals surface area contributed by atoms with Crippen molar-refractivity contribution in [1.82, 2.24) is 25.4 Å². The van der Waals surface area contributed by atoms with E-state index in [0.717, 1.165) is 46.7 Å². The molecule has 172 valence electrons. The zero-order chi connectivity index (χ0) is 23.9. The normalized spacial score (nSPS) is 12.6. The quantitative estimate of drug-likeness (QED) is 0.289. The molecule has 0 spiro atoms. The molecule has 0 aliphatic heterocycles. The number of aromatic nitrogens is 4. The Morgan fingerprint density at radius 1 is 1.03 bits per heavy atom. The number of para-hydroxylation sites is 1. The second-order valence-corrected chi connectivity index (χ2v) is 8.81. The Balaban J connectivity index is 1.22. The maximum atomic E-state index is 12.7. The molecule has 3 aromatic carbocycles. The minimum atomic E-state index is -0.350. The summed E-state index contributed by atoms with van der Waals surface area (Å²) in [4.78, 5) is 12.7. The number of H-pyrrole nitrogens is 1. The van der Waals surface area contributed by atoms with Crippen LogP contribution in [-0.4, -0.2) is 32.1 Å². The third-order valence-electron chi connectivity index (χ3n) is 6.68. The number of amides is 1. The maximum absolute atomic E-state index is 12.7. The number of carbonyl (C=O) groups excluding carboxylic acids is 1. The van der Waals surface area contributed by atoms with Gasteiger partial charge in [-0.25, -0.2) is 10.1 Å². The van der Waals surface area contributed by atoms with Gasteiger partial charge in [0.2, 0.25) is 0 Å². The molecule has 0 radical (unpaired) electrons. The predicted molar refractivity (Wildman–Crippen MR) is 137 cm³/mol. The Hall–Kier alpha value is -4.52. The molecule has 1 amide bonds. The van der Waals surface area contributed by atoms with Crippen molar-refractivity contribution in [2.24, 2.45) is 5.10 Å². The van der Waals surface area contributed by atoms with E-state index in [-0.39, 0.29) is 5.91 Å². The second-order valence-electron chi connectivity index (χ2n) is 8.81. The highest BCUT2D eigenvalue weighted by Crippen LogP contribution is 2.36. The summed E-state index contributed by atoms with van der Waals surface area (Å²) in [5.41, 5.74) is 11.1. The number of benzene rings is 3. The summed E-state index contributed by atoms with van der Waals surface area (Å²) < 4.78 is 1.87. The van der Waals surface area contributed by atoms with Crippen molar-refractivity contribution >= 4 is 22.9 Å². The van der Waals surface area contributed by atoms with Gasteiger partial charge >= 0.3 is 0 Å². The summed E-state index contributed by atoms with van der Waals surface area (Å²) in [7, 11) is 0. The summed E-state index contributed by atoms with van der Waals surface area (Å²) in [6, 6.07) is 22.4. The van der Waals surface area contributed by atoms with Crippen LogP contribution in [0.2, 0.25) is 0 Å². The molecule has 2 heterocycles. The zero-order valence-electron chi connectivity index (χ0n) is 19.5. The molecule has 1 aliphatic carbocycles. The zero-order valence-corrected chi connectivity index (χ0v) is 19.5. The van der Waals surface area contributed by atoms with Gasteiger partial charge < -0.3 is 0 Å². The van der Waals surface area contributed by atoms with Gasteiger partial charge in [-0.3, -0.25) is 9.89 Å². The summed E-state index contributed by atoms with van der Waals surface area (Å²) in [5, 5.41) is 18.6. The van der Waals surface area contributed by atoms with E-state index >= 15 is 0 Å². The Morgan fingerprint density at radius 2 is 1.83 bits per heavy atom. The van der Waals surface area contributed by atoms with Crippen LogP contribution < -0.4 is 5.43 Å². The van der Waals surface area contributed by atoms with Crippen molar-refractivity contribution in [1.29, 1.82) is 0 Å². The van der Waals surface area contributed by atoms with Gasteiger partial charge in [0.15, 0.2) is 0 Å². The summed E-state index contributed by atoms with van der Waals surface area (Å²) in [6.45, 7) is 3.91. The van der Waals surface area contributed by atoms with E-state index in [1.54, 1.807) is 12.3 Å². The summed E-state index contributed by atoms with van der Waals surface area (Å²) >= 11 is 0. The van der Waals surface area contributed by atoms with Gasteiger partial charge in [-0.05, 0) is 66.8 Å². The minimum Gasteiger partial charge on any atom is -0.272 e. The molecule has 0 fully saturated rings. The Kier molecular flexibility index (Phi) is 5.03. The molecule has 0 saturated heterocycles. The lowest BCUT2D eigenvalue weighted by molar-refractivity contribution is 0.0950. The SMILES string of the molecule is Cc1nn(-c2ccccc2)c(C)c1/C=N\NC(=O)c1cc(-c2ccc3c4c(cccc24)CC3)n[nH]1. The number of hydrogen-bond acceptors (Lipinski definition) is 4. The van der Waals surface area contributed by atoms with Crippen LogP contribution in [-0.2, 0) is 12.8 Å².